The van der Waals surface area contributed by atoms with Crippen LogP contribution >= 0.6 is 0 Å². The lowest BCUT2D eigenvalue weighted by Crippen LogP contribution is -2.59. The van der Waals surface area contributed by atoms with E-state index in [-0.39, 0.29) is 24.6 Å². The molecule has 3 atom stereocenters. The van der Waals surface area contributed by atoms with Crippen LogP contribution in [-0.4, -0.2) is 30.6 Å². The van der Waals surface area contributed by atoms with Crippen molar-refractivity contribution in [3.05, 3.63) is 24.8 Å². The van der Waals surface area contributed by atoms with Crippen LogP contribution in [0.1, 0.15) is 33.6 Å². The molecular weight excluding hydrogens is 244 g/mol. The van der Waals surface area contributed by atoms with Crippen LogP contribution < -0.4 is 0 Å². The minimum Gasteiger partial charge on any atom is -0.466 e. The molecule has 0 amide bonds. The summed E-state index contributed by atoms with van der Waals surface area (Å²) >= 11 is 0. The van der Waals surface area contributed by atoms with E-state index in [1.165, 1.54) is 0 Å². The molecule has 2 aliphatic heterocycles. The lowest BCUT2D eigenvalue weighted by molar-refractivity contribution is -0.343. The summed E-state index contributed by atoms with van der Waals surface area (Å²) in [5, 5.41) is 0. The second-order valence-corrected chi connectivity index (χ2v) is 5.60. The number of esters is 1. The lowest BCUT2D eigenvalue weighted by Gasteiger charge is -2.52. The minimum absolute atomic E-state index is 0.0285. The van der Waals surface area contributed by atoms with Crippen molar-refractivity contribution in [2.24, 2.45) is 5.41 Å². The number of rotatable bonds is 4. The molecule has 1 fully saturated rings. The van der Waals surface area contributed by atoms with Crippen LogP contribution in [0.2, 0.25) is 0 Å². The van der Waals surface area contributed by atoms with E-state index < -0.39 is 11.2 Å². The van der Waals surface area contributed by atoms with E-state index in [2.05, 4.69) is 12.7 Å². The molecule has 0 N–H and O–H groups in total. The maximum Gasteiger partial charge on any atom is 0.311 e. The molecule has 0 aliphatic carbocycles. The third-order valence-corrected chi connectivity index (χ3v) is 3.80. The van der Waals surface area contributed by atoms with Crippen LogP contribution in [0.25, 0.3) is 0 Å². The fourth-order valence-corrected chi connectivity index (χ4v) is 2.60. The normalized spacial score (nSPS) is 35.7. The van der Waals surface area contributed by atoms with Crippen LogP contribution in [0.15, 0.2) is 24.8 Å². The Bertz CT molecular complexity index is 399. The SMILES string of the molecule is C=C[C@H]1C[C@@H]2C=CC(C)(C)[C@](CC(=O)OCC)(O1)O2. The molecule has 19 heavy (non-hydrogen) atoms. The molecular formula is C15H22O4. The lowest BCUT2D eigenvalue weighted by atomic mass is 9.77. The number of carbonyl (C=O) groups is 1. The van der Waals surface area contributed by atoms with Gasteiger partial charge in [0.05, 0.1) is 18.8 Å². The zero-order valence-electron chi connectivity index (χ0n) is 11.8. The summed E-state index contributed by atoms with van der Waals surface area (Å²) in [5.41, 5.74) is -0.391. The summed E-state index contributed by atoms with van der Waals surface area (Å²) in [6, 6.07) is 0. The molecule has 0 unspecified atom stereocenters. The smallest absolute Gasteiger partial charge is 0.311 e. The first kappa shape index (κ1) is 14.3. The molecule has 0 saturated carbocycles. The largest absolute Gasteiger partial charge is 0.466 e. The highest BCUT2D eigenvalue weighted by Crippen LogP contribution is 2.48. The highest BCUT2D eigenvalue weighted by atomic mass is 16.7. The van der Waals surface area contributed by atoms with Crippen LogP contribution in [0, 0.1) is 5.41 Å². The van der Waals surface area contributed by atoms with Crippen LogP contribution in [0.4, 0.5) is 0 Å². The first-order valence-electron chi connectivity index (χ1n) is 6.75. The predicted molar refractivity (Wildman–Crippen MR) is 71.5 cm³/mol. The third-order valence-electron chi connectivity index (χ3n) is 3.80. The van der Waals surface area contributed by atoms with Crippen molar-refractivity contribution in [1.29, 1.82) is 0 Å². The van der Waals surface area contributed by atoms with Gasteiger partial charge in [-0.05, 0) is 6.92 Å². The number of hydrogen-bond donors (Lipinski definition) is 0. The zero-order valence-corrected chi connectivity index (χ0v) is 11.8. The Morgan fingerprint density at radius 2 is 2.26 bits per heavy atom. The van der Waals surface area contributed by atoms with Gasteiger partial charge in [0, 0.05) is 11.8 Å². The van der Waals surface area contributed by atoms with Gasteiger partial charge in [-0.25, -0.2) is 0 Å². The number of fused-ring (bicyclic) bond motifs is 2. The fourth-order valence-electron chi connectivity index (χ4n) is 2.60. The van der Waals surface area contributed by atoms with Crippen molar-refractivity contribution in [2.75, 3.05) is 6.61 Å². The maximum absolute atomic E-state index is 11.9. The highest BCUT2D eigenvalue weighted by molar-refractivity contribution is 5.70. The molecule has 0 radical (unpaired) electrons. The number of hydrogen-bond acceptors (Lipinski definition) is 4. The average molecular weight is 266 g/mol. The topological polar surface area (TPSA) is 44.8 Å². The van der Waals surface area contributed by atoms with E-state index in [4.69, 9.17) is 14.2 Å². The predicted octanol–water partition coefficient (Wildman–Crippen LogP) is 2.59. The van der Waals surface area contributed by atoms with Crippen LogP contribution in [0.3, 0.4) is 0 Å². The quantitative estimate of drug-likeness (QED) is 0.579. The molecule has 2 aliphatic rings. The Labute approximate surface area is 114 Å². The molecule has 2 bridgehead atoms. The summed E-state index contributed by atoms with van der Waals surface area (Å²) in [7, 11) is 0. The van der Waals surface area contributed by atoms with Crippen molar-refractivity contribution >= 4 is 5.97 Å². The summed E-state index contributed by atoms with van der Waals surface area (Å²) in [5.74, 6) is -1.26. The van der Waals surface area contributed by atoms with Crippen LogP contribution in [-0.2, 0) is 19.0 Å². The summed E-state index contributed by atoms with van der Waals surface area (Å²) in [4.78, 5) is 11.9. The Hall–Kier alpha value is -1.13. The van der Waals surface area contributed by atoms with Gasteiger partial charge in [-0.2, -0.15) is 0 Å². The molecule has 4 heteroatoms. The monoisotopic (exact) mass is 266 g/mol. The van der Waals surface area contributed by atoms with E-state index >= 15 is 0 Å². The molecule has 0 aromatic carbocycles. The van der Waals surface area contributed by atoms with E-state index in [0.717, 1.165) is 6.42 Å². The van der Waals surface area contributed by atoms with Gasteiger partial charge in [0.1, 0.15) is 6.42 Å². The number of carbonyl (C=O) groups excluding carboxylic acids is 1. The van der Waals surface area contributed by atoms with Crippen molar-refractivity contribution < 1.29 is 19.0 Å². The Balaban J connectivity index is 2.28. The van der Waals surface area contributed by atoms with E-state index in [0.29, 0.717) is 6.61 Å². The third kappa shape index (κ3) is 2.60. The van der Waals surface area contributed by atoms with Crippen molar-refractivity contribution in [2.45, 2.75) is 51.6 Å². The molecule has 0 aromatic heterocycles. The van der Waals surface area contributed by atoms with Gasteiger partial charge in [0.2, 0.25) is 0 Å². The van der Waals surface area contributed by atoms with Gasteiger partial charge in [0.15, 0.2) is 5.79 Å². The fraction of sp³-hybridized carbons (Fsp3) is 0.667. The maximum atomic E-state index is 11.9. The van der Waals surface area contributed by atoms with Gasteiger partial charge in [-0.3, -0.25) is 4.79 Å². The first-order valence-corrected chi connectivity index (χ1v) is 6.75. The molecule has 106 valence electrons. The summed E-state index contributed by atoms with van der Waals surface area (Å²) < 4.78 is 17.1. The summed E-state index contributed by atoms with van der Waals surface area (Å²) in [6.45, 7) is 9.95. The Morgan fingerprint density at radius 3 is 2.89 bits per heavy atom. The second-order valence-electron chi connectivity index (χ2n) is 5.60. The van der Waals surface area contributed by atoms with E-state index in [1.807, 2.05) is 19.9 Å². The summed E-state index contributed by atoms with van der Waals surface area (Å²) in [6.07, 6.45) is 6.59. The first-order chi connectivity index (χ1) is 8.92. The Kier molecular flexibility index (Phi) is 3.83. The Morgan fingerprint density at radius 1 is 1.53 bits per heavy atom. The number of ether oxygens (including phenoxy) is 3. The van der Waals surface area contributed by atoms with Crippen LogP contribution in [0.5, 0.6) is 0 Å². The standard InChI is InChI=1S/C15H22O4/c1-5-11-9-12-7-8-14(3,4)15(18-11,19-12)10-13(16)17-6-2/h5,7-8,11-12H,1,6,9-10H2,2-4H3/t11-,12-,15+/m0/s1. The zero-order chi connectivity index (χ0) is 14.1. The van der Waals surface area contributed by atoms with E-state index in [1.54, 1.807) is 13.0 Å². The van der Waals surface area contributed by atoms with Crippen molar-refractivity contribution in [1.82, 2.24) is 0 Å². The van der Waals surface area contributed by atoms with E-state index in [9.17, 15) is 4.79 Å². The average Bonchev–Trinajstić information content (AvgIpc) is 2.35. The molecule has 2 rings (SSSR count). The molecule has 4 nitrogen and oxygen atoms in total. The van der Waals surface area contributed by atoms with Gasteiger partial charge in [-0.1, -0.05) is 32.1 Å². The van der Waals surface area contributed by atoms with Gasteiger partial charge >= 0.3 is 5.97 Å². The van der Waals surface area contributed by atoms with Gasteiger partial charge < -0.3 is 14.2 Å². The van der Waals surface area contributed by atoms with Crippen molar-refractivity contribution in [3.8, 4) is 0 Å². The molecule has 0 aromatic rings. The minimum atomic E-state index is -0.963. The molecule has 2 heterocycles. The molecule has 1 saturated heterocycles. The molecule has 0 spiro atoms. The highest BCUT2D eigenvalue weighted by Gasteiger charge is 2.55. The van der Waals surface area contributed by atoms with Gasteiger partial charge in [0.25, 0.3) is 0 Å². The van der Waals surface area contributed by atoms with Crippen molar-refractivity contribution in [3.63, 3.8) is 0 Å². The second kappa shape index (κ2) is 5.10. The van der Waals surface area contributed by atoms with Gasteiger partial charge in [-0.15, -0.1) is 6.58 Å².